The number of benzene rings is 2. The number of aryl methyl sites for hydroxylation is 1. The van der Waals surface area contributed by atoms with Crippen LogP contribution in [0.15, 0.2) is 48.5 Å². The second kappa shape index (κ2) is 11.1. The number of likely N-dealkylation sites (N-methyl/N-ethyl adjacent to an activating group) is 1. The Hall–Kier alpha value is -3.19. The van der Waals surface area contributed by atoms with Crippen molar-refractivity contribution in [3.63, 3.8) is 0 Å². The fourth-order valence-corrected chi connectivity index (χ4v) is 5.37. The molecule has 37 heavy (non-hydrogen) atoms. The number of nitrogens with zero attached hydrogens (tertiary/aromatic N) is 1. The van der Waals surface area contributed by atoms with Gasteiger partial charge in [0.1, 0.15) is 12.1 Å². The van der Waals surface area contributed by atoms with Crippen LogP contribution in [0.25, 0.3) is 0 Å². The molecule has 0 spiro atoms. The van der Waals surface area contributed by atoms with E-state index in [4.69, 9.17) is 0 Å². The van der Waals surface area contributed by atoms with Crippen LogP contribution in [0, 0.1) is 5.41 Å². The first kappa shape index (κ1) is 26.9. The molecule has 0 saturated heterocycles. The highest BCUT2D eigenvalue weighted by atomic mass is 16.2. The van der Waals surface area contributed by atoms with Gasteiger partial charge in [-0.3, -0.25) is 14.4 Å². The maximum atomic E-state index is 14.1. The highest BCUT2D eigenvalue weighted by Gasteiger charge is 2.42. The summed E-state index contributed by atoms with van der Waals surface area (Å²) < 4.78 is 0. The Morgan fingerprint density at radius 1 is 0.973 bits per heavy atom. The first-order chi connectivity index (χ1) is 17.6. The molecule has 0 bridgehead atoms. The molecule has 3 N–H and O–H groups in total. The van der Waals surface area contributed by atoms with Gasteiger partial charge < -0.3 is 20.9 Å². The molecule has 0 aromatic heterocycles. The van der Waals surface area contributed by atoms with Crippen LogP contribution in [0.5, 0.6) is 0 Å². The molecule has 4 atom stereocenters. The molecule has 198 valence electrons. The van der Waals surface area contributed by atoms with Crippen LogP contribution in [0.1, 0.15) is 68.8 Å². The molecular formula is C30H40N4O3. The van der Waals surface area contributed by atoms with E-state index in [-0.39, 0.29) is 23.8 Å². The first-order valence-corrected chi connectivity index (χ1v) is 13.3. The predicted octanol–water partition coefficient (Wildman–Crippen LogP) is 3.27. The topological polar surface area (TPSA) is 90.5 Å². The highest BCUT2D eigenvalue weighted by molar-refractivity contribution is 5.94. The lowest BCUT2D eigenvalue weighted by Crippen LogP contribution is -2.62. The lowest BCUT2D eigenvalue weighted by molar-refractivity contribution is -0.147. The van der Waals surface area contributed by atoms with E-state index in [0.29, 0.717) is 13.0 Å². The van der Waals surface area contributed by atoms with Crippen molar-refractivity contribution >= 4 is 17.7 Å². The zero-order valence-corrected chi connectivity index (χ0v) is 22.6. The second-order valence-electron chi connectivity index (χ2n) is 11.4. The maximum absolute atomic E-state index is 14.1. The van der Waals surface area contributed by atoms with Gasteiger partial charge in [-0.1, -0.05) is 69.3 Å². The molecule has 1 heterocycles. The van der Waals surface area contributed by atoms with Crippen LogP contribution in [0.4, 0.5) is 0 Å². The molecule has 2 aliphatic rings. The number of amides is 3. The Balaban J connectivity index is 1.63. The van der Waals surface area contributed by atoms with Crippen LogP contribution in [0.2, 0.25) is 0 Å². The SMILES string of the molecule is CN[C@@H](C)C(=O)N[C@H](C(=O)N1Cc2ccccc2C[C@H]1C(=O)N[C@H]1CCCc2ccccc21)C(C)(C)C. The van der Waals surface area contributed by atoms with Crippen LogP contribution >= 0.6 is 0 Å². The minimum Gasteiger partial charge on any atom is -0.347 e. The Morgan fingerprint density at radius 3 is 2.30 bits per heavy atom. The maximum Gasteiger partial charge on any atom is 0.246 e. The van der Waals surface area contributed by atoms with E-state index in [0.717, 1.165) is 36.0 Å². The summed E-state index contributed by atoms with van der Waals surface area (Å²) in [5, 5.41) is 9.17. The van der Waals surface area contributed by atoms with Gasteiger partial charge in [0.05, 0.1) is 12.1 Å². The molecule has 2 aromatic rings. The average Bonchev–Trinajstić information content (AvgIpc) is 2.89. The van der Waals surface area contributed by atoms with Gasteiger partial charge in [-0.2, -0.15) is 0 Å². The summed E-state index contributed by atoms with van der Waals surface area (Å²) in [4.78, 5) is 42.4. The summed E-state index contributed by atoms with van der Waals surface area (Å²) in [7, 11) is 1.71. The quantitative estimate of drug-likeness (QED) is 0.563. The monoisotopic (exact) mass is 504 g/mol. The zero-order chi connectivity index (χ0) is 26.7. The molecule has 1 aliphatic carbocycles. The number of carbonyl (C=O) groups is 3. The van der Waals surface area contributed by atoms with Crippen molar-refractivity contribution in [1.29, 1.82) is 0 Å². The van der Waals surface area contributed by atoms with E-state index in [2.05, 4.69) is 28.1 Å². The molecule has 0 fully saturated rings. The normalized spacial score (nSPS) is 20.7. The minimum absolute atomic E-state index is 0.0684. The zero-order valence-electron chi connectivity index (χ0n) is 22.6. The Morgan fingerprint density at radius 2 is 1.62 bits per heavy atom. The van der Waals surface area contributed by atoms with Crippen LogP contribution in [-0.4, -0.2) is 47.8 Å². The van der Waals surface area contributed by atoms with Gasteiger partial charge in [-0.15, -0.1) is 0 Å². The van der Waals surface area contributed by atoms with Crippen molar-refractivity contribution in [3.8, 4) is 0 Å². The van der Waals surface area contributed by atoms with E-state index >= 15 is 0 Å². The van der Waals surface area contributed by atoms with Crippen LogP contribution in [0.3, 0.4) is 0 Å². The Kier molecular flexibility index (Phi) is 8.02. The molecular weight excluding hydrogens is 464 g/mol. The van der Waals surface area contributed by atoms with Gasteiger partial charge in [0.15, 0.2) is 0 Å². The fourth-order valence-electron chi connectivity index (χ4n) is 5.37. The highest BCUT2D eigenvalue weighted by Crippen LogP contribution is 2.32. The summed E-state index contributed by atoms with van der Waals surface area (Å²) in [6.07, 6.45) is 3.35. The van der Waals surface area contributed by atoms with Crippen molar-refractivity contribution in [2.75, 3.05) is 7.05 Å². The molecule has 7 nitrogen and oxygen atoms in total. The first-order valence-electron chi connectivity index (χ1n) is 13.3. The summed E-state index contributed by atoms with van der Waals surface area (Å²) in [6, 6.07) is 14.3. The van der Waals surface area contributed by atoms with E-state index in [9.17, 15) is 14.4 Å². The molecule has 0 unspecified atom stereocenters. The standard InChI is InChI=1S/C30H40N4O3/c1-19(31-5)27(35)33-26(30(2,3)4)29(37)34-18-22-13-7-6-12-21(22)17-25(34)28(36)32-24-16-10-14-20-11-8-9-15-23(20)24/h6-9,11-13,15,19,24-26,31H,10,14,16-18H2,1-5H3,(H,32,36)(H,33,35)/t19-,24-,25-,26+/m0/s1. The summed E-state index contributed by atoms with van der Waals surface area (Å²) in [5.74, 6) is -0.622. The summed E-state index contributed by atoms with van der Waals surface area (Å²) >= 11 is 0. The molecule has 1 aliphatic heterocycles. The second-order valence-corrected chi connectivity index (χ2v) is 11.4. The van der Waals surface area contributed by atoms with E-state index in [1.165, 1.54) is 5.56 Å². The van der Waals surface area contributed by atoms with Crippen molar-refractivity contribution in [3.05, 3.63) is 70.8 Å². The third kappa shape index (κ3) is 5.87. The smallest absolute Gasteiger partial charge is 0.246 e. The Bertz CT molecular complexity index is 1160. The molecule has 4 rings (SSSR count). The summed E-state index contributed by atoms with van der Waals surface area (Å²) in [6.45, 7) is 7.90. The van der Waals surface area contributed by atoms with Gasteiger partial charge in [0.2, 0.25) is 17.7 Å². The third-order valence-electron chi connectivity index (χ3n) is 7.75. The van der Waals surface area contributed by atoms with Crippen LogP contribution < -0.4 is 16.0 Å². The lowest BCUT2D eigenvalue weighted by atomic mass is 9.83. The number of fused-ring (bicyclic) bond motifs is 2. The minimum atomic E-state index is -0.772. The molecule has 3 amide bonds. The largest absolute Gasteiger partial charge is 0.347 e. The number of carbonyl (C=O) groups excluding carboxylic acids is 3. The van der Waals surface area contributed by atoms with Gasteiger partial charge >= 0.3 is 0 Å². The summed E-state index contributed by atoms with van der Waals surface area (Å²) in [5.41, 5.74) is 4.01. The molecule has 0 saturated carbocycles. The lowest BCUT2D eigenvalue weighted by Gasteiger charge is -2.41. The van der Waals surface area contributed by atoms with Crippen LogP contribution in [-0.2, 0) is 33.8 Å². The number of rotatable bonds is 6. The van der Waals surface area contributed by atoms with E-state index in [1.54, 1.807) is 18.9 Å². The van der Waals surface area contributed by atoms with E-state index < -0.39 is 23.5 Å². The number of hydrogen-bond acceptors (Lipinski definition) is 4. The fraction of sp³-hybridized carbons (Fsp3) is 0.500. The van der Waals surface area contributed by atoms with Crippen molar-refractivity contribution in [2.24, 2.45) is 5.41 Å². The van der Waals surface area contributed by atoms with E-state index in [1.807, 2.05) is 57.2 Å². The van der Waals surface area contributed by atoms with Gasteiger partial charge in [-0.05, 0) is 60.9 Å². The number of nitrogens with one attached hydrogen (secondary N) is 3. The van der Waals surface area contributed by atoms with Gasteiger partial charge in [0, 0.05) is 13.0 Å². The predicted molar refractivity (Wildman–Crippen MR) is 145 cm³/mol. The average molecular weight is 505 g/mol. The molecule has 2 aromatic carbocycles. The Labute approximate surface area is 220 Å². The third-order valence-corrected chi connectivity index (χ3v) is 7.75. The van der Waals surface area contributed by atoms with Crippen molar-refractivity contribution in [1.82, 2.24) is 20.9 Å². The number of hydrogen-bond donors (Lipinski definition) is 3. The van der Waals surface area contributed by atoms with Crippen molar-refractivity contribution in [2.45, 2.75) is 84.1 Å². The van der Waals surface area contributed by atoms with Gasteiger partial charge in [-0.25, -0.2) is 0 Å². The molecule has 0 radical (unpaired) electrons. The van der Waals surface area contributed by atoms with Gasteiger partial charge in [0.25, 0.3) is 0 Å². The molecule has 7 heteroatoms. The van der Waals surface area contributed by atoms with Crippen molar-refractivity contribution < 1.29 is 14.4 Å².